The number of rotatable bonds is 4. The molecule has 0 aromatic carbocycles. The third kappa shape index (κ3) is 5.57. The Hall–Kier alpha value is -2.39. The van der Waals surface area contributed by atoms with E-state index in [-0.39, 0.29) is 24.0 Å². The van der Waals surface area contributed by atoms with Gasteiger partial charge in [-0.2, -0.15) is 23.1 Å². The standard InChI is InChI=1S/C16H23F3N6O/c1-14(2,3)22-12-7-11(16(17,18)19)20-13(21-12)26-9-10-8-25(24-23-10)15(4,5)6/h7-8H,9H2,1-6H3,(H,20,21,22). The van der Waals surface area contributed by atoms with Crippen molar-refractivity contribution in [3.63, 3.8) is 0 Å². The molecule has 0 saturated heterocycles. The van der Waals surface area contributed by atoms with Crippen LogP contribution in [0.1, 0.15) is 52.9 Å². The Bertz CT molecular complexity index is 759. The third-order valence-corrected chi connectivity index (χ3v) is 3.08. The number of anilines is 1. The maximum atomic E-state index is 13.1. The van der Waals surface area contributed by atoms with Gasteiger partial charge in [-0.1, -0.05) is 5.21 Å². The zero-order valence-corrected chi connectivity index (χ0v) is 15.6. The Morgan fingerprint density at radius 1 is 1.08 bits per heavy atom. The minimum atomic E-state index is -4.61. The summed E-state index contributed by atoms with van der Waals surface area (Å²) >= 11 is 0. The Kier molecular flexibility index (Phi) is 5.16. The fourth-order valence-corrected chi connectivity index (χ4v) is 1.91. The molecule has 0 unspecified atom stereocenters. The van der Waals surface area contributed by atoms with Gasteiger partial charge in [-0.05, 0) is 41.5 Å². The molecule has 10 heteroatoms. The molecule has 0 amide bonds. The molecule has 0 bridgehead atoms. The van der Waals surface area contributed by atoms with Gasteiger partial charge in [0.05, 0.1) is 11.7 Å². The van der Waals surface area contributed by atoms with Gasteiger partial charge in [0.1, 0.15) is 18.1 Å². The van der Waals surface area contributed by atoms with Crippen LogP contribution in [-0.4, -0.2) is 30.5 Å². The quantitative estimate of drug-likeness (QED) is 0.883. The first-order chi connectivity index (χ1) is 11.7. The van der Waals surface area contributed by atoms with E-state index in [1.807, 2.05) is 41.5 Å². The van der Waals surface area contributed by atoms with Crippen molar-refractivity contribution in [3.05, 3.63) is 23.7 Å². The highest BCUT2D eigenvalue weighted by Crippen LogP contribution is 2.30. The van der Waals surface area contributed by atoms with Crippen LogP contribution in [0.3, 0.4) is 0 Å². The van der Waals surface area contributed by atoms with Crippen molar-refractivity contribution in [1.29, 1.82) is 0 Å². The Labute approximate surface area is 150 Å². The Balaban J connectivity index is 2.22. The summed E-state index contributed by atoms with van der Waals surface area (Å²) in [5.74, 6) is 0.0353. The van der Waals surface area contributed by atoms with Crippen LogP contribution in [0, 0.1) is 0 Å². The van der Waals surface area contributed by atoms with Crippen LogP contribution in [0.25, 0.3) is 0 Å². The first-order valence-corrected chi connectivity index (χ1v) is 8.03. The molecule has 144 valence electrons. The number of halogens is 3. The molecule has 0 atom stereocenters. The van der Waals surface area contributed by atoms with Crippen molar-refractivity contribution in [3.8, 4) is 6.01 Å². The summed E-state index contributed by atoms with van der Waals surface area (Å²) in [6, 6.07) is 0.477. The van der Waals surface area contributed by atoms with Gasteiger partial charge in [-0.25, -0.2) is 4.68 Å². The summed E-state index contributed by atoms with van der Waals surface area (Å²) in [6.07, 6.45) is -2.94. The van der Waals surface area contributed by atoms with Crippen molar-refractivity contribution < 1.29 is 17.9 Å². The lowest BCUT2D eigenvalue weighted by molar-refractivity contribution is -0.141. The number of nitrogens with one attached hydrogen (secondary N) is 1. The van der Waals surface area contributed by atoms with Crippen LogP contribution in [0.2, 0.25) is 0 Å². The molecule has 2 aromatic heterocycles. The first kappa shape index (κ1) is 19.9. The number of ether oxygens (including phenoxy) is 1. The summed E-state index contributed by atoms with van der Waals surface area (Å²) < 4.78 is 46.2. The lowest BCUT2D eigenvalue weighted by Gasteiger charge is -2.22. The van der Waals surface area contributed by atoms with Crippen LogP contribution >= 0.6 is 0 Å². The minimum absolute atomic E-state index is 0.0353. The molecule has 7 nitrogen and oxygen atoms in total. The smallest absolute Gasteiger partial charge is 0.433 e. The van der Waals surface area contributed by atoms with E-state index in [1.54, 1.807) is 10.9 Å². The van der Waals surface area contributed by atoms with Gasteiger partial charge in [0.15, 0.2) is 5.69 Å². The van der Waals surface area contributed by atoms with Crippen molar-refractivity contribution in [2.45, 2.75) is 65.4 Å². The molecule has 26 heavy (non-hydrogen) atoms. The monoisotopic (exact) mass is 372 g/mol. The van der Waals surface area contributed by atoms with E-state index in [2.05, 4.69) is 25.6 Å². The number of alkyl halides is 3. The van der Waals surface area contributed by atoms with Gasteiger partial charge in [0, 0.05) is 11.6 Å². The number of aromatic nitrogens is 5. The third-order valence-electron chi connectivity index (χ3n) is 3.08. The van der Waals surface area contributed by atoms with Gasteiger partial charge in [0.25, 0.3) is 0 Å². The van der Waals surface area contributed by atoms with Crippen molar-refractivity contribution >= 4 is 5.82 Å². The van der Waals surface area contributed by atoms with Crippen molar-refractivity contribution in [1.82, 2.24) is 25.0 Å². The highest BCUT2D eigenvalue weighted by Gasteiger charge is 2.34. The van der Waals surface area contributed by atoms with Crippen LogP contribution in [0.4, 0.5) is 19.0 Å². The average molecular weight is 372 g/mol. The molecule has 2 heterocycles. The summed E-state index contributed by atoms with van der Waals surface area (Å²) in [6.45, 7) is 11.2. The van der Waals surface area contributed by atoms with E-state index in [0.29, 0.717) is 5.69 Å². The lowest BCUT2D eigenvalue weighted by atomic mass is 10.1. The second kappa shape index (κ2) is 6.73. The van der Waals surface area contributed by atoms with E-state index < -0.39 is 17.4 Å². The maximum absolute atomic E-state index is 13.1. The van der Waals surface area contributed by atoms with Gasteiger partial charge < -0.3 is 10.1 Å². The summed E-state index contributed by atoms with van der Waals surface area (Å²) in [7, 11) is 0. The van der Waals surface area contributed by atoms with Crippen LogP contribution in [0.15, 0.2) is 12.3 Å². The van der Waals surface area contributed by atoms with Crippen LogP contribution in [0.5, 0.6) is 6.01 Å². The number of nitrogens with zero attached hydrogens (tertiary/aromatic N) is 5. The zero-order chi connectivity index (χ0) is 19.8. The molecule has 2 aromatic rings. The molecular formula is C16H23F3N6O. The molecule has 0 radical (unpaired) electrons. The molecule has 0 aliphatic heterocycles. The summed E-state index contributed by atoms with van der Waals surface area (Å²) in [5.41, 5.74) is -1.34. The Morgan fingerprint density at radius 2 is 1.73 bits per heavy atom. The molecule has 0 spiro atoms. The molecule has 0 saturated carbocycles. The SMILES string of the molecule is CC(C)(C)Nc1cc(C(F)(F)F)nc(OCc2cn(C(C)(C)C)nn2)n1. The molecule has 2 rings (SSSR count). The summed E-state index contributed by atoms with van der Waals surface area (Å²) in [5, 5.41) is 10.8. The zero-order valence-electron chi connectivity index (χ0n) is 15.6. The molecule has 1 N–H and O–H groups in total. The predicted molar refractivity (Wildman–Crippen MR) is 89.8 cm³/mol. The van der Waals surface area contributed by atoms with E-state index in [1.165, 1.54) is 0 Å². The molecule has 0 aliphatic rings. The molecule has 0 aliphatic carbocycles. The molecule has 0 fully saturated rings. The number of hydrogen-bond donors (Lipinski definition) is 1. The van der Waals surface area contributed by atoms with E-state index in [9.17, 15) is 13.2 Å². The topological polar surface area (TPSA) is 77.8 Å². The Morgan fingerprint density at radius 3 is 2.23 bits per heavy atom. The van der Waals surface area contributed by atoms with Crippen LogP contribution < -0.4 is 10.1 Å². The van der Waals surface area contributed by atoms with Crippen LogP contribution in [-0.2, 0) is 18.3 Å². The van der Waals surface area contributed by atoms with E-state index >= 15 is 0 Å². The second-order valence-corrected chi connectivity index (χ2v) is 7.91. The van der Waals surface area contributed by atoms with E-state index in [4.69, 9.17) is 4.74 Å². The summed E-state index contributed by atoms with van der Waals surface area (Å²) in [4.78, 5) is 7.46. The first-order valence-electron chi connectivity index (χ1n) is 8.03. The van der Waals surface area contributed by atoms with Crippen molar-refractivity contribution in [2.75, 3.05) is 5.32 Å². The van der Waals surface area contributed by atoms with Gasteiger partial charge in [-0.3, -0.25) is 0 Å². The van der Waals surface area contributed by atoms with Gasteiger partial charge in [0.2, 0.25) is 0 Å². The van der Waals surface area contributed by atoms with Gasteiger partial charge in [-0.15, -0.1) is 5.10 Å². The highest BCUT2D eigenvalue weighted by molar-refractivity contribution is 5.40. The fourth-order valence-electron chi connectivity index (χ4n) is 1.91. The number of hydrogen-bond acceptors (Lipinski definition) is 6. The van der Waals surface area contributed by atoms with Crippen molar-refractivity contribution in [2.24, 2.45) is 0 Å². The molecular weight excluding hydrogens is 349 g/mol. The second-order valence-electron chi connectivity index (χ2n) is 7.91. The lowest BCUT2D eigenvalue weighted by Crippen LogP contribution is -2.27. The average Bonchev–Trinajstić information content (AvgIpc) is 2.91. The maximum Gasteiger partial charge on any atom is 0.433 e. The van der Waals surface area contributed by atoms with Gasteiger partial charge >= 0.3 is 12.2 Å². The normalized spacial score (nSPS) is 13.0. The van der Waals surface area contributed by atoms with E-state index in [0.717, 1.165) is 6.07 Å². The minimum Gasteiger partial charge on any atom is -0.457 e. The largest absolute Gasteiger partial charge is 0.457 e. The fraction of sp³-hybridized carbons (Fsp3) is 0.625. The predicted octanol–water partition coefficient (Wildman–Crippen LogP) is 3.63. The highest BCUT2D eigenvalue weighted by atomic mass is 19.4.